The molecule has 0 radical (unpaired) electrons. The Labute approximate surface area is 205 Å². The van der Waals surface area contributed by atoms with Crippen LogP contribution in [0.3, 0.4) is 0 Å². The van der Waals surface area contributed by atoms with Crippen LogP contribution in [0.4, 0.5) is 14.6 Å². The van der Waals surface area contributed by atoms with Crippen LogP contribution in [0.2, 0.25) is 25.7 Å². The fourth-order valence-electron chi connectivity index (χ4n) is 4.31. The van der Waals surface area contributed by atoms with Gasteiger partial charge in [-0.1, -0.05) is 19.6 Å². The molecule has 0 saturated carbocycles. The van der Waals surface area contributed by atoms with Gasteiger partial charge in [0.1, 0.15) is 18.4 Å². The summed E-state index contributed by atoms with van der Waals surface area (Å²) in [5, 5.41) is 5.42. The van der Waals surface area contributed by atoms with Crippen molar-refractivity contribution in [3.8, 4) is 0 Å². The number of halogens is 2. The van der Waals surface area contributed by atoms with Gasteiger partial charge in [0.25, 0.3) is 0 Å². The first-order valence-corrected chi connectivity index (χ1v) is 15.7. The number of carbonyl (C=O) groups is 1. The summed E-state index contributed by atoms with van der Waals surface area (Å²) < 4.78 is 41.4. The molecule has 0 aliphatic carbocycles. The average molecular weight is 503 g/mol. The molecule has 2 aromatic heterocycles. The fourth-order valence-corrected chi connectivity index (χ4v) is 5.07. The lowest BCUT2D eigenvalue weighted by molar-refractivity contribution is 0.0526. The monoisotopic (exact) mass is 502 g/mol. The SMILES string of the molecule is CCOC(=O)c1cnc2c(c1)c(N1CCC[C@@H]1c1cc(F)ccc1F)nn2COCC[Si](C)(C)C. The number of esters is 1. The molecule has 188 valence electrons. The Morgan fingerprint density at radius 1 is 1.23 bits per heavy atom. The minimum atomic E-state index is -1.25. The Balaban J connectivity index is 1.72. The van der Waals surface area contributed by atoms with E-state index in [9.17, 15) is 13.6 Å². The van der Waals surface area contributed by atoms with Crippen molar-refractivity contribution in [2.24, 2.45) is 0 Å². The van der Waals surface area contributed by atoms with E-state index in [1.807, 2.05) is 4.90 Å². The molecule has 35 heavy (non-hydrogen) atoms. The largest absolute Gasteiger partial charge is 0.462 e. The molecular weight excluding hydrogens is 470 g/mol. The van der Waals surface area contributed by atoms with Gasteiger partial charge >= 0.3 is 5.97 Å². The number of nitrogens with zero attached hydrogens (tertiary/aromatic N) is 4. The number of carbonyl (C=O) groups excluding carboxylic acids is 1. The molecular formula is C25H32F2N4O3Si. The Morgan fingerprint density at radius 2 is 2.03 bits per heavy atom. The zero-order chi connectivity index (χ0) is 25.2. The first-order valence-electron chi connectivity index (χ1n) is 12.0. The first-order chi connectivity index (χ1) is 16.7. The number of hydrogen-bond donors (Lipinski definition) is 0. The molecule has 1 aliphatic heterocycles. The quantitative estimate of drug-likeness (QED) is 0.217. The van der Waals surface area contributed by atoms with Gasteiger partial charge in [-0.05, 0) is 50.1 Å². The molecule has 1 fully saturated rings. The van der Waals surface area contributed by atoms with Crippen molar-refractivity contribution in [1.82, 2.24) is 14.8 Å². The van der Waals surface area contributed by atoms with Crippen molar-refractivity contribution < 1.29 is 23.0 Å². The zero-order valence-corrected chi connectivity index (χ0v) is 21.7. The van der Waals surface area contributed by atoms with Crippen LogP contribution in [0.25, 0.3) is 11.0 Å². The normalized spacial score (nSPS) is 16.3. The molecule has 10 heteroatoms. The van der Waals surface area contributed by atoms with Crippen molar-refractivity contribution >= 4 is 30.9 Å². The summed E-state index contributed by atoms with van der Waals surface area (Å²) in [7, 11) is -1.25. The molecule has 1 saturated heterocycles. The summed E-state index contributed by atoms with van der Waals surface area (Å²) in [6.07, 6.45) is 2.93. The molecule has 0 unspecified atom stereocenters. The van der Waals surface area contributed by atoms with E-state index in [4.69, 9.17) is 14.6 Å². The third-order valence-corrected chi connectivity index (χ3v) is 7.83. The van der Waals surface area contributed by atoms with E-state index < -0.39 is 25.7 Å². The highest BCUT2D eigenvalue weighted by molar-refractivity contribution is 6.76. The van der Waals surface area contributed by atoms with E-state index >= 15 is 0 Å². The van der Waals surface area contributed by atoms with E-state index in [0.717, 1.165) is 24.6 Å². The number of fused-ring (bicyclic) bond motifs is 1. The van der Waals surface area contributed by atoms with Crippen molar-refractivity contribution in [3.63, 3.8) is 0 Å². The second-order valence-electron chi connectivity index (χ2n) is 10.0. The van der Waals surface area contributed by atoms with E-state index in [1.165, 1.54) is 12.3 Å². The van der Waals surface area contributed by atoms with Crippen LogP contribution in [0.5, 0.6) is 0 Å². The minimum absolute atomic E-state index is 0.208. The van der Waals surface area contributed by atoms with Gasteiger partial charge in [-0.25, -0.2) is 23.2 Å². The Bertz CT molecular complexity index is 1210. The minimum Gasteiger partial charge on any atom is -0.462 e. The smallest absolute Gasteiger partial charge is 0.339 e. The van der Waals surface area contributed by atoms with Crippen LogP contribution in [0.1, 0.15) is 41.7 Å². The molecule has 4 rings (SSSR count). The highest BCUT2D eigenvalue weighted by Crippen LogP contribution is 2.39. The third-order valence-electron chi connectivity index (χ3n) is 6.13. The molecule has 1 atom stereocenters. The summed E-state index contributed by atoms with van der Waals surface area (Å²) in [4.78, 5) is 18.9. The molecule has 3 heterocycles. The van der Waals surface area contributed by atoms with Crippen LogP contribution in [-0.2, 0) is 16.2 Å². The van der Waals surface area contributed by atoms with Gasteiger partial charge in [-0.15, -0.1) is 0 Å². The second-order valence-corrected chi connectivity index (χ2v) is 15.6. The number of anilines is 1. The Kier molecular flexibility index (Phi) is 7.51. The van der Waals surface area contributed by atoms with Crippen LogP contribution in [0.15, 0.2) is 30.5 Å². The third kappa shape index (κ3) is 5.70. The molecule has 1 aromatic carbocycles. The standard InChI is InChI=1S/C25H32F2N4O3Si/c1-5-34-25(32)17-13-20-23(28-15-17)31(16-33-11-12-35(2,3)4)29-24(20)30-10-6-7-22(30)19-14-18(26)8-9-21(19)27/h8-9,13-15,22H,5-7,10-12,16H2,1-4H3/t22-/m1/s1. The van der Waals surface area contributed by atoms with Gasteiger partial charge in [0.2, 0.25) is 0 Å². The van der Waals surface area contributed by atoms with Gasteiger partial charge in [0, 0.05) is 33.0 Å². The number of benzene rings is 1. The van der Waals surface area contributed by atoms with E-state index in [0.29, 0.717) is 47.6 Å². The topological polar surface area (TPSA) is 69.5 Å². The van der Waals surface area contributed by atoms with Gasteiger partial charge in [-0.2, -0.15) is 5.10 Å². The van der Waals surface area contributed by atoms with Crippen molar-refractivity contribution in [2.75, 3.05) is 24.7 Å². The summed E-state index contributed by atoms with van der Waals surface area (Å²) in [6, 6.07) is 5.88. The predicted octanol–water partition coefficient (Wildman–Crippen LogP) is 5.54. The van der Waals surface area contributed by atoms with Crippen molar-refractivity contribution in [3.05, 3.63) is 53.2 Å². The van der Waals surface area contributed by atoms with Crippen LogP contribution in [0, 0.1) is 11.6 Å². The number of ether oxygens (including phenoxy) is 2. The lowest BCUT2D eigenvalue weighted by atomic mass is 10.0. The maximum Gasteiger partial charge on any atom is 0.339 e. The molecule has 0 amide bonds. The maximum absolute atomic E-state index is 14.7. The lowest BCUT2D eigenvalue weighted by Gasteiger charge is -2.25. The fraction of sp³-hybridized carbons (Fsp3) is 0.480. The van der Waals surface area contributed by atoms with Gasteiger partial charge in [0.05, 0.1) is 23.6 Å². The van der Waals surface area contributed by atoms with Crippen molar-refractivity contribution in [2.45, 2.75) is 58.2 Å². The number of pyridine rings is 1. The summed E-state index contributed by atoms with van der Waals surface area (Å²) in [5.74, 6) is -0.836. The highest BCUT2D eigenvalue weighted by atomic mass is 28.3. The van der Waals surface area contributed by atoms with Gasteiger partial charge < -0.3 is 14.4 Å². The average Bonchev–Trinajstić information content (AvgIpc) is 3.42. The Morgan fingerprint density at radius 3 is 2.77 bits per heavy atom. The molecule has 1 aliphatic rings. The molecule has 0 spiro atoms. The molecule has 0 bridgehead atoms. The van der Waals surface area contributed by atoms with Crippen LogP contribution < -0.4 is 4.90 Å². The highest BCUT2D eigenvalue weighted by Gasteiger charge is 2.32. The Hall–Kier alpha value is -2.85. The molecule has 3 aromatic rings. The summed E-state index contributed by atoms with van der Waals surface area (Å²) in [6.45, 7) is 10.3. The number of hydrogen-bond acceptors (Lipinski definition) is 6. The molecule has 7 nitrogen and oxygen atoms in total. The lowest BCUT2D eigenvalue weighted by Crippen LogP contribution is -2.24. The van der Waals surface area contributed by atoms with E-state index in [2.05, 4.69) is 24.6 Å². The van der Waals surface area contributed by atoms with E-state index in [-0.39, 0.29) is 19.4 Å². The molecule has 0 N–H and O–H groups in total. The van der Waals surface area contributed by atoms with Gasteiger partial charge in [-0.3, -0.25) is 0 Å². The second kappa shape index (κ2) is 10.4. The van der Waals surface area contributed by atoms with E-state index in [1.54, 1.807) is 17.7 Å². The zero-order valence-electron chi connectivity index (χ0n) is 20.7. The maximum atomic E-state index is 14.7. The van der Waals surface area contributed by atoms with Crippen LogP contribution >= 0.6 is 0 Å². The van der Waals surface area contributed by atoms with Crippen LogP contribution in [-0.4, -0.2) is 48.6 Å². The summed E-state index contributed by atoms with van der Waals surface area (Å²) >= 11 is 0. The first kappa shape index (κ1) is 25.2. The van der Waals surface area contributed by atoms with Gasteiger partial charge in [0.15, 0.2) is 11.5 Å². The number of rotatable bonds is 9. The van der Waals surface area contributed by atoms with Crippen molar-refractivity contribution in [1.29, 1.82) is 0 Å². The summed E-state index contributed by atoms with van der Waals surface area (Å²) in [5.41, 5.74) is 1.17. The predicted molar refractivity (Wildman–Crippen MR) is 133 cm³/mol. The number of aromatic nitrogens is 3.